The zero-order valence-corrected chi connectivity index (χ0v) is 10.4. The Morgan fingerprint density at radius 1 is 1.44 bits per heavy atom. The summed E-state index contributed by atoms with van der Waals surface area (Å²) >= 11 is 1.13. The molecule has 0 aliphatic rings. The minimum Gasteiger partial charge on any atom is -0.288 e. The Morgan fingerprint density at radius 3 is 2.78 bits per heavy atom. The predicted octanol–water partition coefficient (Wildman–Crippen LogP) is 3.12. The van der Waals surface area contributed by atoms with Crippen molar-refractivity contribution < 1.29 is 18.0 Å². The number of hydrogen-bond acceptors (Lipinski definition) is 3. The lowest BCUT2D eigenvalue weighted by Gasteiger charge is -2.04. The molecule has 6 heteroatoms. The van der Waals surface area contributed by atoms with Gasteiger partial charge in [-0.25, -0.2) is 4.98 Å². The molecular formula is C12H10F3NOS. The normalized spacial score (nSPS) is 10.7. The Balaban J connectivity index is 2.63. The average Bonchev–Trinajstić information content (AvgIpc) is 2.27. The molecule has 0 aromatic carbocycles. The van der Waals surface area contributed by atoms with Crippen LogP contribution in [0.2, 0.25) is 0 Å². The summed E-state index contributed by atoms with van der Waals surface area (Å²) in [4.78, 5) is 14.0. The molecule has 1 aromatic heterocycles. The third kappa shape index (κ3) is 5.23. The molecule has 0 atom stereocenters. The van der Waals surface area contributed by atoms with Crippen molar-refractivity contribution in [3.8, 4) is 11.8 Å². The zero-order chi connectivity index (χ0) is 13.6. The van der Waals surface area contributed by atoms with E-state index in [-0.39, 0.29) is 10.8 Å². The van der Waals surface area contributed by atoms with Gasteiger partial charge in [0.2, 0.25) is 0 Å². The summed E-state index contributed by atoms with van der Waals surface area (Å²) in [6.07, 6.45) is -4.02. The van der Waals surface area contributed by atoms with Crippen LogP contribution >= 0.6 is 11.8 Å². The van der Waals surface area contributed by atoms with Gasteiger partial charge in [-0.15, -0.1) is 0 Å². The van der Waals surface area contributed by atoms with Crippen LogP contribution in [0.3, 0.4) is 0 Å². The lowest BCUT2D eigenvalue weighted by molar-refractivity contribution is -0.141. The first-order valence-corrected chi connectivity index (χ1v) is 6.04. The number of carbonyl (C=O) groups is 1. The van der Waals surface area contributed by atoms with Crippen LogP contribution in [0.25, 0.3) is 0 Å². The molecule has 0 aliphatic heterocycles. The number of aromatic nitrogens is 1. The second-order valence-corrected chi connectivity index (χ2v) is 4.57. The van der Waals surface area contributed by atoms with Gasteiger partial charge in [0.1, 0.15) is 11.4 Å². The predicted molar refractivity (Wildman–Crippen MR) is 63.9 cm³/mol. The molecule has 0 saturated carbocycles. The van der Waals surface area contributed by atoms with Crippen molar-refractivity contribution in [2.24, 2.45) is 0 Å². The van der Waals surface area contributed by atoms with E-state index in [0.29, 0.717) is 12.2 Å². The molecule has 1 aromatic rings. The lowest BCUT2D eigenvalue weighted by Crippen LogP contribution is -2.08. The van der Waals surface area contributed by atoms with E-state index < -0.39 is 11.9 Å². The third-order valence-corrected chi connectivity index (χ3v) is 2.60. The second kappa shape index (κ2) is 6.45. The number of alkyl halides is 3. The fourth-order valence-corrected chi connectivity index (χ4v) is 1.55. The third-order valence-electron chi connectivity index (χ3n) is 1.79. The molecule has 2 nitrogen and oxygen atoms in total. The molecule has 0 aliphatic carbocycles. The largest absolute Gasteiger partial charge is 0.433 e. The summed E-state index contributed by atoms with van der Waals surface area (Å²) in [5.41, 5.74) is -0.870. The molecule has 0 amide bonds. The summed E-state index contributed by atoms with van der Waals surface area (Å²) in [5, 5.41) is -0.00556. The Bertz CT molecular complexity index is 488. The van der Waals surface area contributed by atoms with Crippen LogP contribution in [0.15, 0.2) is 18.2 Å². The molecule has 18 heavy (non-hydrogen) atoms. The molecule has 0 unspecified atom stereocenters. The Labute approximate surface area is 107 Å². The molecule has 1 rings (SSSR count). The van der Waals surface area contributed by atoms with Gasteiger partial charge in [-0.3, -0.25) is 4.79 Å². The van der Waals surface area contributed by atoms with Crippen LogP contribution in [0.4, 0.5) is 13.2 Å². The van der Waals surface area contributed by atoms with E-state index in [1.54, 1.807) is 0 Å². The van der Waals surface area contributed by atoms with Gasteiger partial charge in [0, 0.05) is 19.1 Å². The van der Waals surface area contributed by atoms with Crippen molar-refractivity contribution in [1.29, 1.82) is 0 Å². The number of nitrogens with zero attached hydrogens (tertiary/aromatic N) is 1. The fourth-order valence-electron chi connectivity index (χ4n) is 1.06. The van der Waals surface area contributed by atoms with Gasteiger partial charge in [0.05, 0.1) is 0 Å². The molecule has 0 radical (unpaired) electrons. The van der Waals surface area contributed by atoms with E-state index >= 15 is 0 Å². The van der Waals surface area contributed by atoms with Crippen LogP contribution in [0.5, 0.6) is 0 Å². The monoisotopic (exact) mass is 273 g/mol. The molecule has 0 fully saturated rings. The second-order valence-electron chi connectivity index (χ2n) is 3.30. The molecule has 0 spiro atoms. The SMILES string of the molecule is CC(=O)SCCC#Cc1cccc(C(F)(F)F)n1. The fraction of sp³-hybridized carbons (Fsp3) is 0.333. The van der Waals surface area contributed by atoms with Crippen LogP contribution in [0.1, 0.15) is 24.7 Å². The first-order chi connectivity index (χ1) is 8.39. The Kier molecular flexibility index (Phi) is 5.23. The topological polar surface area (TPSA) is 30.0 Å². The van der Waals surface area contributed by atoms with E-state index in [1.165, 1.54) is 19.1 Å². The van der Waals surface area contributed by atoms with E-state index in [1.807, 2.05) is 0 Å². The highest BCUT2D eigenvalue weighted by Crippen LogP contribution is 2.27. The van der Waals surface area contributed by atoms with Crippen LogP contribution < -0.4 is 0 Å². The summed E-state index contributed by atoms with van der Waals surface area (Å²) in [6.45, 7) is 1.45. The van der Waals surface area contributed by atoms with Crippen molar-refractivity contribution >= 4 is 16.9 Å². The van der Waals surface area contributed by atoms with Crippen molar-refractivity contribution in [2.75, 3.05) is 5.75 Å². The van der Waals surface area contributed by atoms with Gasteiger partial charge in [-0.2, -0.15) is 13.2 Å². The van der Waals surface area contributed by atoms with Gasteiger partial charge >= 0.3 is 6.18 Å². The molecule has 0 saturated heterocycles. The van der Waals surface area contributed by atoms with Crippen molar-refractivity contribution in [3.63, 3.8) is 0 Å². The Hall–Kier alpha value is -1.48. The summed E-state index contributed by atoms with van der Waals surface area (Å²) in [7, 11) is 0. The minimum absolute atomic E-state index is 0.00556. The Morgan fingerprint density at radius 2 is 2.17 bits per heavy atom. The van der Waals surface area contributed by atoms with Crippen LogP contribution in [0, 0.1) is 11.8 Å². The average molecular weight is 273 g/mol. The number of thioether (sulfide) groups is 1. The zero-order valence-electron chi connectivity index (χ0n) is 9.54. The lowest BCUT2D eigenvalue weighted by atomic mass is 10.3. The maximum Gasteiger partial charge on any atom is 0.433 e. The van der Waals surface area contributed by atoms with Crippen LogP contribution in [-0.2, 0) is 11.0 Å². The summed E-state index contributed by atoms with van der Waals surface area (Å²) < 4.78 is 37.0. The van der Waals surface area contributed by atoms with E-state index in [2.05, 4.69) is 16.8 Å². The van der Waals surface area contributed by atoms with Gasteiger partial charge in [-0.05, 0) is 18.1 Å². The van der Waals surface area contributed by atoms with Crippen molar-refractivity contribution in [3.05, 3.63) is 29.6 Å². The number of rotatable bonds is 2. The quantitative estimate of drug-likeness (QED) is 0.612. The van der Waals surface area contributed by atoms with E-state index in [9.17, 15) is 18.0 Å². The van der Waals surface area contributed by atoms with Gasteiger partial charge in [0.25, 0.3) is 0 Å². The van der Waals surface area contributed by atoms with E-state index in [0.717, 1.165) is 17.8 Å². The summed E-state index contributed by atoms with van der Waals surface area (Å²) in [6, 6.07) is 3.58. The summed E-state index contributed by atoms with van der Waals surface area (Å²) in [5.74, 6) is 5.76. The highest BCUT2D eigenvalue weighted by Gasteiger charge is 2.32. The van der Waals surface area contributed by atoms with Crippen molar-refractivity contribution in [2.45, 2.75) is 19.5 Å². The van der Waals surface area contributed by atoms with Gasteiger partial charge in [0.15, 0.2) is 5.12 Å². The highest BCUT2D eigenvalue weighted by atomic mass is 32.2. The number of halogens is 3. The van der Waals surface area contributed by atoms with Gasteiger partial charge in [-0.1, -0.05) is 23.7 Å². The molecule has 0 N–H and O–H groups in total. The van der Waals surface area contributed by atoms with Crippen molar-refractivity contribution in [1.82, 2.24) is 4.98 Å². The molecule has 0 bridgehead atoms. The molecule has 96 valence electrons. The number of pyridine rings is 1. The number of hydrogen-bond donors (Lipinski definition) is 0. The smallest absolute Gasteiger partial charge is 0.288 e. The number of carbonyl (C=O) groups excluding carboxylic acids is 1. The standard InChI is InChI=1S/C12H10F3NOS/c1-9(17)18-8-3-2-5-10-6-4-7-11(16-10)12(13,14)15/h4,6-7H,3,8H2,1H3. The molecular weight excluding hydrogens is 263 g/mol. The first-order valence-electron chi connectivity index (χ1n) is 5.06. The highest BCUT2D eigenvalue weighted by molar-refractivity contribution is 8.13. The van der Waals surface area contributed by atoms with E-state index in [4.69, 9.17) is 0 Å². The maximum absolute atomic E-state index is 12.3. The minimum atomic E-state index is -4.46. The molecule has 1 heterocycles. The first kappa shape index (κ1) is 14.6. The maximum atomic E-state index is 12.3. The van der Waals surface area contributed by atoms with Crippen LogP contribution in [-0.4, -0.2) is 15.9 Å². The van der Waals surface area contributed by atoms with Gasteiger partial charge < -0.3 is 0 Å².